The summed E-state index contributed by atoms with van der Waals surface area (Å²) in [5.74, 6) is 1.12. The van der Waals surface area contributed by atoms with Crippen LogP contribution in [0.4, 0.5) is 0 Å². The molecule has 78 valence electrons. The summed E-state index contributed by atoms with van der Waals surface area (Å²) in [5.41, 5.74) is 0.924. The highest BCUT2D eigenvalue weighted by Crippen LogP contribution is 2.34. The first kappa shape index (κ1) is 11.4. The highest BCUT2D eigenvalue weighted by molar-refractivity contribution is 9.09. The van der Waals surface area contributed by atoms with Crippen LogP contribution in [-0.2, 0) is 0 Å². The molecule has 2 nitrogen and oxygen atoms in total. The standard InChI is InChI=1S/C11H15BrO2/c1-3-14-10-6-4-5-9(11(10)13)8(2)7-12/h4-6,8,13H,3,7H2,1-2H3. The van der Waals surface area contributed by atoms with Gasteiger partial charge < -0.3 is 9.84 Å². The second kappa shape index (κ2) is 5.25. The van der Waals surface area contributed by atoms with E-state index in [-0.39, 0.29) is 11.7 Å². The van der Waals surface area contributed by atoms with Gasteiger partial charge >= 0.3 is 0 Å². The van der Waals surface area contributed by atoms with Gasteiger partial charge in [0.2, 0.25) is 0 Å². The Kier molecular flexibility index (Phi) is 4.26. The van der Waals surface area contributed by atoms with E-state index in [0.29, 0.717) is 12.4 Å². The van der Waals surface area contributed by atoms with E-state index in [1.807, 2.05) is 19.1 Å². The summed E-state index contributed by atoms with van der Waals surface area (Å²) in [6, 6.07) is 5.60. The number of halogens is 1. The third-order valence-electron chi connectivity index (χ3n) is 2.09. The predicted octanol–water partition coefficient (Wildman–Crippen LogP) is 3.29. The van der Waals surface area contributed by atoms with Crippen LogP contribution in [0.2, 0.25) is 0 Å². The van der Waals surface area contributed by atoms with E-state index < -0.39 is 0 Å². The Morgan fingerprint density at radius 2 is 2.21 bits per heavy atom. The lowest BCUT2D eigenvalue weighted by molar-refractivity contribution is 0.316. The zero-order valence-corrected chi connectivity index (χ0v) is 10.0. The number of rotatable bonds is 4. The maximum Gasteiger partial charge on any atom is 0.161 e. The van der Waals surface area contributed by atoms with Crippen molar-refractivity contribution in [1.29, 1.82) is 0 Å². The maximum absolute atomic E-state index is 9.88. The molecule has 0 aliphatic rings. The zero-order valence-electron chi connectivity index (χ0n) is 8.46. The van der Waals surface area contributed by atoms with E-state index in [2.05, 4.69) is 22.9 Å². The molecular weight excluding hydrogens is 244 g/mol. The van der Waals surface area contributed by atoms with Crippen molar-refractivity contribution in [3.05, 3.63) is 23.8 Å². The third-order valence-corrected chi connectivity index (χ3v) is 3.06. The van der Waals surface area contributed by atoms with Crippen LogP contribution in [0.15, 0.2) is 18.2 Å². The first-order valence-electron chi connectivity index (χ1n) is 4.71. The molecule has 0 saturated heterocycles. The van der Waals surface area contributed by atoms with Gasteiger partial charge in [0, 0.05) is 10.9 Å². The molecule has 0 amide bonds. The Labute approximate surface area is 93.0 Å². The third kappa shape index (κ3) is 2.41. The summed E-state index contributed by atoms with van der Waals surface area (Å²) in [6.07, 6.45) is 0. The van der Waals surface area contributed by atoms with E-state index >= 15 is 0 Å². The van der Waals surface area contributed by atoms with Crippen molar-refractivity contribution in [1.82, 2.24) is 0 Å². The van der Waals surface area contributed by atoms with E-state index in [1.165, 1.54) is 0 Å². The smallest absolute Gasteiger partial charge is 0.161 e. The summed E-state index contributed by atoms with van der Waals surface area (Å²) in [5, 5.41) is 10.7. The lowest BCUT2D eigenvalue weighted by atomic mass is 10.0. The average Bonchev–Trinajstić information content (AvgIpc) is 2.20. The minimum absolute atomic E-state index is 0.265. The molecule has 3 heteroatoms. The lowest BCUT2D eigenvalue weighted by Crippen LogP contribution is -1.98. The molecule has 1 aromatic carbocycles. The molecule has 1 rings (SSSR count). The predicted molar refractivity (Wildman–Crippen MR) is 61.5 cm³/mol. The Bertz CT molecular complexity index is 299. The SMILES string of the molecule is CCOc1cccc(C(C)CBr)c1O. The van der Waals surface area contributed by atoms with E-state index in [0.717, 1.165) is 10.9 Å². The summed E-state index contributed by atoms with van der Waals surface area (Å²) in [7, 11) is 0. The zero-order chi connectivity index (χ0) is 10.6. The highest BCUT2D eigenvalue weighted by Gasteiger charge is 2.12. The summed E-state index contributed by atoms with van der Waals surface area (Å²) >= 11 is 3.40. The molecule has 0 aliphatic carbocycles. The molecule has 1 N–H and O–H groups in total. The van der Waals surface area contributed by atoms with E-state index in [9.17, 15) is 5.11 Å². The molecule has 0 heterocycles. The molecule has 1 atom stereocenters. The quantitative estimate of drug-likeness (QED) is 0.841. The number of alkyl halides is 1. The van der Waals surface area contributed by atoms with Crippen molar-refractivity contribution in [2.45, 2.75) is 19.8 Å². The summed E-state index contributed by atoms with van der Waals surface area (Å²) < 4.78 is 5.31. The molecule has 1 aromatic rings. The first-order chi connectivity index (χ1) is 6.70. The van der Waals surface area contributed by atoms with Crippen LogP contribution in [0.25, 0.3) is 0 Å². The maximum atomic E-state index is 9.88. The highest BCUT2D eigenvalue weighted by atomic mass is 79.9. The molecule has 0 fully saturated rings. The van der Waals surface area contributed by atoms with Crippen LogP contribution in [0, 0.1) is 0 Å². The van der Waals surface area contributed by atoms with E-state index in [4.69, 9.17) is 4.74 Å². The van der Waals surface area contributed by atoms with Crippen LogP contribution in [-0.4, -0.2) is 17.0 Å². The van der Waals surface area contributed by atoms with Crippen molar-refractivity contribution >= 4 is 15.9 Å². The Morgan fingerprint density at radius 1 is 1.50 bits per heavy atom. The number of benzene rings is 1. The van der Waals surface area contributed by atoms with Gasteiger partial charge in [-0.05, 0) is 18.9 Å². The molecule has 0 aliphatic heterocycles. The fourth-order valence-electron chi connectivity index (χ4n) is 1.29. The Morgan fingerprint density at radius 3 is 2.79 bits per heavy atom. The number of phenols is 1. The molecular formula is C11H15BrO2. The normalized spacial score (nSPS) is 12.5. The molecule has 1 unspecified atom stereocenters. The van der Waals surface area contributed by atoms with Crippen molar-refractivity contribution in [3.8, 4) is 11.5 Å². The second-order valence-electron chi connectivity index (χ2n) is 3.18. The molecule has 0 radical (unpaired) electrons. The van der Waals surface area contributed by atoms with Crippen LogP contribution in [0.5, 0.6) is 11.5 Å². The van der Waals surface area contributed by atoms with Crippen molar-refractivity contribution < 1.29 is 9.84 Å². The molecule has 14 heavy (non-hydrogen) atoms. The van der Waals surface area contributed by atoms with Gasteiger partial charge in [0.25, 0.3) is 0 Å². The number of hydrogen-bond acceptors (Lipinski definition) is 2. The average molecular weight is 259 g/mol. The number of phenolic OH excluding ortho intramolecular Hbond substituents is 1. The van der Waals surface area contributed by atoms with Gasteiger partial charge in [-0.1, -0.05) is 35.0 Å². The number of ether oxygens (including phenoxy) is 1. The van der Waals surface area contributed by atoms with Crippen LogP contribution in [0.1, 0.15) is 25.3 Å². The van der Waals surface area contributed by atoms with Gasteiger partial charge in [0.1, 0.15) is 0 Å². The number of hydrogen-bond donors (Lipinski definition) is 1. The second-order valence-corrected chi connectivity index (χ2v) is 3.83. The molecule has 0 aromatic heterocycles. The van der Waals surface area contributed by atoms with Gasteiger partial charge in [-0.25, -0.2) is 0 Å². The molecule has 0 spiro atoms. The first-order valence-corrected chi connectivity index (χ1v) is 5.83. The van der Waals surface area contributed by atoms with Crippen LogP contribution < -0.4 is 4.74 Å². The topological polar surface area (TPSA) is 29.5 Å². The van der Waals surface area contributed by atoms with Crippen molar-refractivity contribution in [2.75, 3.05) is 11.9 Å². The summed E-state index contributed by atoms with van der Waals surface area (Å²) in [6.45, 7) is 4.53. The molecule has 0 saturated carbocycles. The fraction of sp³-hybridized carbons (Fsp3) is 0.455. The largest absolute Gasteiger partial charge is 0.504 e. The minimum atomic E-state index is 0.265. The van der Waals surface area contributed by atoms with Crippen LogP contribution in [0.3, 0.4) is 0 Å². The molecule has 0 bridgehead atoms. The van der Waals surface area contributed by atoms with Gasteiger partial charge in [-0.2, -0.15) is 0 Å². The number of para-hydroxylation sites is 1. The van der Waals surface area contributed by atoms with Gasteiger partial charge in [0.15, 0.2) is 11.5 Å². The summed E-state index contributed by atoms with van der Waals surface area (Å²) in [4.78, 5) is 0. The van der Waals surface area contributed by atoms with Gasteiger partial charge in [-0.15, -0.1) is 0 Å². The van der Waals surface area contributed by atoms with Gasteiger partial charge in [0.05, 0.1) is 6.61 Å². The lowest BCUT2D eigenvalue weighted by Gasteiger charge is -2.13. The van der Waals surface area contributed by atoms with Crippen LogP contribution >= 0.6 is 15.9 Å². The number of aromatic hydroxyl groups is 1. The van der Waals surface area contributed by atoms with Gasteiger partial charge in [-0.3, -0.25) is 0 Å². The van der Waals surface area contributed by atoms with Crippen molar-refractivity contribution in [3.63, 3.8) is 0 Å². The van der Waals surface area contributed by atoms with E-state index in [1.54, 1.807) is 6.07 Å². The minimum Gasteiger partial charge on any atom is -0.504 e. The van der Waals surface area contributed by atoms with Crippen molar-refractivity contribution in [2.24, 2.45) is 0 Å². The fourth-order valence-corrected chi connectivity index (χ4v) is 1.64. The monoisotopic (exact) mass is 258 g/mol. The Hall–Kier alpha value is -0.700. The Balaban J connectivity index is 3.00.